The van der Waals surface area contributed by atoms with E-state index in [1.807, 2.05) is 0 Å². The van der Waals surface area contributed by atoms with Gasteiger partial charge in [0.05, 0.1) is 0 Å². The molecule has 3 nitrogen and oxygen atoms in total. The molecule has 0 aromatic rings. The van der Waals surface area contributed by atoms with E-state index >= 15 is 0 Å². The van der Waals surface area contributed by atoms with Crippen LogP contribution in [0.25, 0.3) is 0 Å². The van der Waals surface area contributed by atoms with Gasteiger partial charge in [-0.25, -0.2) is 4.79 Å². The van der Waals surface area contributed by atoms with Crippen molar-refractivity contribution in [3.63, 3.8) is 0 Å². The molecule has 84 valence electrons. The highest BCUT2D eigenvalue weighted by Gasteiger charge is 2.30. The summed E-state index contributed by atoms with van der Waals surface area (Å²) in [5.41, 5.74) is -5.22. The van der Waals surface area contributed by atoms with Gasteiger partial charge in [0.1, 0.15) is 17.6 Å². The van der Waals surface area contributed by atoms with Crippen LogP contribution in [0.5, 0.6) is 0 Å². The molecule has 0 atom stereocenters. The Hall–Kier alpha value is -0.430. The Labute approximate surface area is 84.1 Å². The molecule has 0 aliphatic rings. The number of rotatable bonds is 3. The normalized spacial score (nSPS) is 12.7. The predicted molar refractivity (Wildman–Crippen MR) is 45.4 cm³/mol. The first-order valence-corrected chi connectivity index (χ1v) is 4.43. The fraction of sp³-hybridized carbons (Fsp3) is 0.857. The van der Waals surface area contributed by atoms with Crippen LogP contribution < -0.4 is 0 Å². The van der Waals surface area contributed by atoms with Crippen LogP contribution in [0.1, 0.15) is 20.8 Å². The molecule has 0 rings (SSSR count). The molecule has 0 saturated heterocycles. The fourth-order valence-electron chi connectivity index (χ4n) is 0.515. The van der Waals surface area contributed by atoms with E-state index in [1.54, 1.807) is 20.8 Å². The first-order chi connectivity index (χ1) is 6.10. The van der Waals surface area contributed by atoms with Gasteiger partial charge in [0.15, 0.2) is 6.61 Å². The van der Waals surface area contributed by atoms with Gasteiger partial charge in [-0.1, -0.05) is 0 Å². The Kier molecular flexibility index (Phi) is 4.73. The third kappa shape index (κ3) is 9.66. The number of hydrogen-bond donors (Lipinski definition) is 0. The number of hydrogen-bond acceptors (Lipinski definition) is 4. The van der Waals surface area contributed by atoms with E-state index in [0.717, 1.165) is 0 Å². The van der Waals surface area contributed by atoms with Crippen molar-refractivity contribution in [2.24, 2.45) is 0 Å². The number of alkyl halides is 3. The molecule has 0 amide bonds. The lowest BCUT2D eigenvalue weighted by molar-refractivity contribution is -0.157. The summed E-state index contributed by atoms with van der Waals surface area (Å²) >= 11 is -0.713. The van der Waals surface area contributed by atoms with Gasteiger partial charge in [-0.15, -0.1) is 0 Å². The number of ether oxygens (including phenoxy) is 1. The molecule has 0 bridgehead atoms. The minimum absolute atomic E-state index is 0.713. The van der Waals surface area contributed by atoms with Gasteiger partial charge in [-0.2, -0.15) is 13.2 Å². The van der Waals surface area contributed by atoms with E-state index in [4.69, 9.17) is 4.74 Å². The first-order valence-electron chi connectivity index (χ1n) is 3.69. The molecule has 0 aliphatic heterocycles. The van der Waals surface area contributed by atoms with E-state index in [2.05, 4.69) is 4.18 Å². The lowest BCUT2D eigenvalue weighted by atomic mass is 10.2. The topological polar surface area (TPSA) is 35.5 Å². The van der Waals surface area contributed by atoms with Crippen molar-refractivity contribution in [3.8, 4) is 0 Å². The maximum atomic E-state index is 11.5. The van der Waals surface area contributed by atoms with Gasteiger partial charge in [0, 0.05) is 0 Å². The smallest absolute Gasteiger partial charge is 0.458 e. The van der Waals surface area contributed by atoms with E-state index in [1.165, 1.54) is 0 Å². The van der Waals surface area contributed by atoms with Crippen molar-refractivity contribution in [3.05, 3.63) is 0 Å². The number of halogens is 3. The summed E-state index contributed by atoms with van der Waals surface area (Å²) in [6, 6.07) is 0. The van der Waals surface area contributed by atoms with Crippen molar-refractivity contribution in [2.45, 2.75) is 31.9 Å². The zero-order chi connectivity index (χ0) is 11.4. The van der Waals surface area contributed by atoms with Crippen LogP contribution in [-0.4, -0.2) is 23.7 Å². The average molecular weight is 232 g/mol. The highest BCUT2D eigenvalue weighted by atomic mass is 32.2. The van der Waals surface area contributed by atoms with Crippen molar-refractivity contribution in [1.29, 1.82) is 0 Å². The summed E-state index contributed by atoms with van der Waals surface area (Å²) in [4.78, 5) is 10.8. The Bertz CT molecular complexity index is 197. The maximum absolute atomic E-state index is 11.5. The van der Waals surface area contributed by atoms with E-state index in [0.29, 0.717) is 0 Å². The second kappa shape index (κ2) is 4.88. The summed E-state index contributed by atoms with van der Waals surface area (Å²) in [7, 11) is 0. The fourth-order valence-corrected chi connectivity index (χ4v) is 0.804. The second-order valence-electron chi connectivity index (χ2n) is 3.38. The van der Waals surface area contributed by atoms with E-state index in [-0.39, 0.29) is 0 Å². The van der Waals surface area contributed by atoms with Crippen molar-refractivity contribution in [1.82, 2.24) is 0 Å². The predicted octanol–water partition coefficient (Wildman–Crippen LogP) is 2.51. The quantitative estimate of drug-likeness (QED) is 0.553. The molecular weight excluding hydrogens is 221 g/mol. The van der Waals surface area contributed by atoms with Gasteiger partial charge in [-0.3, -0.25) is 4.18 Å². The SMILES string of the molecule is CC(C)(C)OC(=O)COSC(F)(F)F. The highest BCUT2D eigenvalue weighted by molar-refractivity contribution is 7.95. The molecule has 7 heteroatoms. The highest BCUT2D eigenvalue weighted by Crippen LogP contribution is 2.30. The van der Waals surface area contributed by atoms with Crippen LogP contribution in [0.15, 0.2) is 0 Å². The third-order valence-corrected chi connectivity index (χ3v) is 1.17. The van der Waals surface area contributed by atoms with Gasteiger partial charge >= 0.3 is 11.5 Å². The summed E-state index contributed by atoms with van der Waals surface area (Å²) < 4.78 is 43.3. The Morgan fingerprint density at radius 1 is 1.29 bits per heavy atom. The molecule has 0 N–H and O–H groups in total. The number of esters is 1. The lowest BCUT2D eigenvalue weighted by Gasteiger charge is -2.19. The molecular formula is C7H11F3O3S. The van der Waals surface area contributed by atoms with Crippen LogP contribution in [0, 0.1) is 0 Å². The molecule has 0 unspecified atom stereocenters. The van der Waals surface area contributed by atoms with Gasteiger partial charge in [-0.05, 0) is 20.8 Å². The molecule has 0 aromatic heterocycles. The van der Waals surface area contributed by atoms with Crippen molar-refractivity contribution in [2.75, 3.05) is 6.61 Å². The van der Waals surface area contributed by atoms with E-state index < -0.39 is 35.7 Å². The maximum Gasteiger partial charge on any atom is 0.467 e. The number of carbonyl (C=O) groups excluding carboxylic acids is 1. The summed E-state index contributed by atoms with van der Waals surface area (Å²) in [6.07, 6.45) is 0. The number of carbonyl (C=O) groups is 1. The zero-order valence-corrected chi connectivity index (χ0v) is 8.79. The van der Waals surface area contributed by atoms with Gasteiger partial charge in [0.2, 0.25) is 0 Å². The van der Waals surface area contributed by atoms with E-state index in [9.17, 15) is 18.0 Å². The Morgan fingerprint density at radius 2 is 1.79 bits per heavy atom. The molecule has 0 aromatic carbocycles. The standard InChI is InChI=1S/C7H11F3O3S/c1-6(2,3)13-5(11)4-12-14-7(8,9)10/h4H2,1-3H3. The molecule has 0 heterocycles. The Balaban J connectivity index is 3.66. The average Bonchev–Trinajstić information content (AvgIpc) is 1.78. The van der Waals surface area contributed by atoms with Crippen LogP contribution >= 0.6 is 12.0 Å². The van der Waals surface area contributed by atoms with Crippen LogP contribution in [0.4, 0.5) is 13.2 Å². The molecule has 0 fully saturated rings. The van der Waals surface area contributed by atoms with Crippen molar-refractivity contribution >= 4 is 18.0 Å². The minimum Gasteiger partial charge on any atom is -0.458 e. The van der Waals surface area contributed by atoms with Gasteiger partial charge < -0.3 is 4.74 Å². The van der Waals surface area contributed by atoms with Gasteiger partial charge in [0.25, 0.3) is 0 Å². The second-order valence-corrected chi connectivity index (χ2v) is 4.24. The van der Waals surface area contributed by atoms with Crippen LogP contribution in [-0.2, 0) is 13.7 Å². The molecule has 0 radical (unpaired) electrons. The first kappa shape index (κ1) is 13.6. The van der Waals surface area contributed by atoms with Crippen molar-refractivity contribution < 1.29 is 26.9 Å². The largest absolute Gasteiger partial charge is 0.467 e. The molecule has 0 spiro atoms. The minimum atomic E-state index is -4.50. The summed E-state index contributed by atoms with van der Waals surface area (Å²) in [5, 5.41) is 0. The lowest BCUT2D eigenvalue weighted by Crippen LogP contribution is -2.26. The van der Waals surface area contributed by atoms with Crippen LogP contribution in [0.3, 0.4) is 0 Å². The monoisotopic (exact) mass is 232 g/mol. The summed E-state index contributed by atoms with van der Waals surface area (Å²) in [6.45, 7) is 4.12. The zero-order valence-electron chi connectivity index (χ0n) is 7.97. The summed E-state index contributed by atoms with van der Waals surface area (Å²) in [5.74, 6) is -0.825. The van der Waals surface area contributed by atoms with Crippen LogP contribution in [0.2, 0.25) is 0 Å². The molecule has 0 aliphatic carbocycles. The molecule has 14 heavy (non-hydrogen) atoms. The third-order valence-electron chi connectivity index (χ3n) is 0.750. The molecule has 0 saturated carbocycles. The Morgan fingerprint density at radius 3 is 2.14 bits per heavy atom.